The third-order valence-corrected chi connectivity index (χ3v) is 3.58. The second-order valence-corrected chi connectivity index (χ2v) is 5.15. The minimum atomic E-state index is -2.80. The molecule has 21 heavy (non-hydrogen) atoms. The number of halogens is 2. The largest absolute Gasteiger partial charge is 0.435 e. The third-order valence-electron chi connectivity index (χ3n) is 2.79. The number of ether oxygens (including phenoxy) is 1. The normalized spacial score (nSPS) is 11.0. The molecule has 0 atom stereocenters. The number of rotatable bonds is 5. The molecule has 3 aromatic rings. The van der Waals surface area contributed by atoms with Gasteiger partial charge in [0, 0.05) is 17.8 Å². The highest BCUT2D eigenvalue weighted by Gasteiger charge is 2.06. The Morgan fingerprint density at radius 2 is 2.00 bits per heavy atom. The van der Waals surface area contributed by atoms with E-state index in [-0.39, 0.29) is 5.75 Å². The Kier molecular flexibility index (Phi) is 3.92. The van der Waals surface area contributed by atoms with E-state index in [0.717, 1.165) is 16.3 Å². The number of nitrogens with zero attached hydrogens (tertiary/aromatic N) is 3. The molecule has 0 unspecified atom stereocenters. The molecule has 0 saturated heterocycles. The second kappa shape index (κ2) is 6.01. The molecule has 4 nitrogen and oxygen atoms in total. The van der Waals surface area contributed by atoms with E-state index in [1.165, 1.54) is 23.5 Å². The summed E-state index contributed by atoms with van der Waals surface area (Å²) in [7, 11) is 0. The zero-order valence-electron chi connectivity index (χ0n) is 10.8. The van der Waals surface area contributed by atoms with Gasteiger partial charge in [-0.05, 0) is 23.8 Å². The Balaban J connectivity index is 1.69. The van der Waals surface area contributed by atoms with Crippen molar-refractivity contribution >= 4 is 11.3 Å². The molecule has 2 aromatic heterocycles. The standard InChI is InChI=1S/C14H11F2N3OS/c15-14(16)20-11-3-1-10(2-4-11)9-19-7-5-12(18-19)13-17-6-8-21-13/h1-8,14H,9H2. The highest BCUT2D eigenvalue weighted by atomic mass is 32.1. The van der Waals surface area contributed by atoms with Crippen molar-refractivity contribution in [3.05, 3.63) is 53.7 Å². The summed E-state index contributed by atoms with van der Waals surface area (Å²) in [5, 5.41) is 7.20. The molecule has 0 amide bonds. The first-order chi connectivity index (χ1) is 10.2. The summed E-state index contributed by atoms with van der Waals surface area (Å²) in [5.74, 6) is 0.151. The van der Waals surface area contributed by atoms with Gasteiger partial charge in [-0.1, -0.05) is 12.1 Å². The Bertz CT molecular complexity index is 695. The van der Waals surface area contributed by atoms with Gasteiger partial charge >= 0.3 is 6.61 Å². The van der Waals surface area contributed by atoms with Gasteiger partial charge in [0.05, 0.1) is 6.54 Å². The number of thiazole rings is 1. The lowest BCUT2D eigenvalue weighted by molar-refractivity contribution is -0.0498. The van der Waals surface area contributed by atoms with Crippen LogP contribution in [0.2, 0.25) is 0 Å². The quantitative estimate of drug-likeness (QED) is 0.722. The van der Waals surface area contributed by atoms with Crippen LogP contribution in [0.5, 0.6) is 5.75 Å². The molecule has 108 valence electrons. The minimum Gasteiger partial charge on any atom is -0.435 e. The number of hydrogen-bond acceptors (Lipinski definition) is 4. The molecular weight excluding hydrogens is 296 g/mol. The van der Waals surface area contributed by atoms with E-state index in [1.807, 2.05) is 17.6 Å². The summed E-state index contributed by atoms with van der Waals surface area (Å²) in [6.07, 6.45) is 3.60. The van der Waals surface area contributed by atoms with E-state index in [9.17, 15) is 8.78 Å². The average Bonchev–Trinajstić information content (AvgIpc) is 3.11. The monoisotopic (exact) mass is 307 g/mol. The van der Waals surface area contributed by atoms with E-state index in [0.29, 0.717) is 6.54 Å². The van der Waals surface area contributed by atoms with Crippen LogP contribution in [0.4, 0.5) is 8.78 Å². The van der Waals surface area contributed by atoms with Crippen molar-refractivity contribution in [2.45, 2.75) is 13.2 Å². The summed E-state index contributed by atoms with van der Waals surface area (Å²) in [5.41, 5.74) is 1.77. The summed E-state index contributed by atoms with van der Waals surface area (Å²) in [6, 6.07) is 8.41. The summed E-state index contributed by atoms with van der Waals surface area (Å²) >= 11 is 1.53. The molecule has 0 aliphatic rings. The highest BCUT2D eigenvalue weighted by Crippen LogP contribution is 2.20. The van der Waals surface area contributed by atoms with Crippen molar-refractivity contribution in [3.8, 4) is 16.5 Å². The van der Waals surface area contributed by atoms with Crippen LogP contribution in [-0.4, -0.2) is 21.4 Å². The summed E-state index contributed by atoms with van der Waals surface area (Å²) in [4.78, 5) is 4.20. The molecule has 7 heteroatoms. The van der Waals surface area contributed by atoms with Gasteiger partial charge in [0.1, 0.15) is 16.5 Å². The first-order valence-electron chi connectivity index (χ1n) is 6.18. The van der Waals surface area contributed by atoms with Gasteiger partial charge in [-0.25, -0.2) is 4.98 Å². The van der Waals surface area contributed by atoms with Crippen molar-refractivity contribution in [1.82, 2.24) is 14.8 Å². The number of benzene rings is 1. The Hall–Kier alpha value is -2.28. The zero-order valence-corrected chi connectivity index (χ0v) is 11.6. The highest BCUT2D eigenvalue weighted by molar-refractivity contribution is 7.13. The predicted molar refractivity (Wildman–Crippen MR) is 75.5 cm³/mol. The lowest BCUT2D eigenvalue weighted by Crippen LogP contribution is -2.03. The summed E-state index contributed by atoms with van der Waals surface area (Å²) in [6.45, 7) is -2.25. The van der Waals surface area contributed by atoms with Crippen LogP contribution in [0.25, 0.3) is 10.7 Å². The molecule has 3 rings (SSSR count). The third kappa shape index (κ3) is 3.43. The van der Waals surface area contributed by atoms with Crippen LogP contribution in [0.15, 0.2) is 48.1 Å². The van der Waals surface area contributed by atoms with Crippen LogP contribution in [0, 0.1) is 0 Å². The lowest BCUT2D eigenvalue weighted by Gasteiger charge is -2.06. The van der Waals surface area contributed by atoms with Crippen molar-refractivity contribution in [1.29, 1.82) is 0 Å². The van der Waals surface area contributed by atoms with Gasteiger partial charge in [-0.3, -0.25) is 4.68 Å². The number of alkyl halides is 2. The molecule has 0 N–H and O–H groups in total. The second-order valence-electron chi connectivity index (χ2n) is 4.26. The van der Waals surface area contributed by atoms with Crippen LogP contribution in [0.1, 0.15) is 5.56 Å². The number of hydrogen-bond donors (Lipinski definition) is 0. The van der Waals surface area contributed by atoms with E-state index < -0.39 is 6.61 Å². The fourth-order valence-electron chi connectivity index (χ4n) is 1.88. The van der Waals surface area contributed by atoms with Gasteiger partial charge in [0.25, 0.3) is 0 Å². The van der Waals surface area contributed by atoms with Crippen molar-refractivity contribution in [2.75, 3.05) is 0 Å². The molecule has 0 saturated carbocycles. The molecule has 0 aliphatic heterocycles. The van der Waals surface area contributed by atoms with E-state index >= 15 is 0 Å². The zero-order chi connectivity index (χ0) is 14.7. The molecule has 0 aliphatic carbocycles. The van der Waals surface area contributed by atoms with Crippen LogP contribution >= 0.6 is 11.3 Å². The van der Waals surface area contributed by atoms with Crippen molar-refractivity contribution < 1.29 is 13.5 Å². The van der Waals surface area contributed by atoms with Gasteiger partial charge in [0.15, 0.2) is 0 Å². The van der Waals surface area contributed by atoms with E-state index in [2.05, 4.69) is 14.8 Å². The average molecular weight is 307 g/mol. The molecule has 2 heterocycles. The predicted octanol–water partition coefficient (Wildman–Crippen LogP) is 3.66. The fraction of sp³-hybridized carbons (Fsp3) is 0.143. The maximum Gasteiger partial charge on any atom is 0.387 e. The van der Waals surface area contributed by atoms with Crippen LogP contribution in [-0.2, 0) is 6.54 Å². The van der Waals surface area contributed by atoms with Crippen LogP contribution < -0.4 is 4.74 Å². The first-order valence-corrected chi connectivity index (χ1v) is 7.06. The smallest absolute Gasteiger partial charge is 0.387 e. The Labute approximate surface area is 123 Å². The van der Waals surface area contributed by atoms with E-state index in [1.54, 1.807) is 23.0 Å². The molecule has 0 spiro atoms. The molecule has 0 fully saturated rings. The van der Waals surface area contributed by atoms with Crippen LogP contribution in [0.3, 0.4) is 0 Å². The Morgan fingerprint density at radius 1 is 1.19 bits per heavy atom. The topological polar surface area (TPSA) is 39.9 Å². The van der Waals surface area contributed by atoms with Gasteiger partial charge in [0.2, 0.25) is 0 Å². The first kappa shape index (κ1) is 13.7. The van der Waals surface area contributed by atoms with Gasteiger partial charge in [-0.2, -0.15) is 13.9 Å². The van der Waals surface area contributed by atoms with Gasteiger partial charge < -0.3 is 4.74 Å². The summed E-state index contributed by atoms with van der Waals surface area (Å²) < 4.78 is 30.2. The van der Waals surface area contributed by atoms with Crippen molar-refractivity contribution in [2.24, 2.45) is 0 Å². The molecule has 0 radical (unpaired) electrons. The maximum atomic E-state index is 12.1. The minimum absolute atomic E-state index is 0.151. The van der Waals surface area contributed by atoms with Crippen molar-refractivity contribution in [3.63, 3.8) is 0 Å². The maximum absolute atomic E-state index is 12.1. The fourth-order valence-corrected chi connectivity index (χ4v) is 2.48. The molecular formula is C14H11F2N3OS. The molecule has 0 bridgehead atoms. The van der Waals surface area contributed by atoms with E-state index in [4.69, 9.17) is 0 Å². The number of aromatic nitrogens is 3. The van der Waals surface area contributed by atoms with Gasteiger partial charge in [-0.15, -0.1) is 11.3 Å². The Morgan fingerprint density at radius 3 is 2.67 bits per heavy atom. The molecule has 1 aromatic carbocycles. The lowest BCUT2D eigenvalue weighted by atomic mass is 10.2. The SMILES string of the molecule is FC(F)Oc1ccc(Cn2ccc(-c3nccs3)n2)cc1.